The summed E-state index contributed by atoms with van der Waals surface area (Å²) in [4.78, 5) is 0. The number of halogens is 2. The average molecular weight is 328 g/mol. The van der Waals surface area contributed by atoms with Crippen LogP contribution in [0.2, 0.25) is 10.0 Å². The summed E-state index contributed by atoms with van der Waals surface area (Å²) >= 11 is 12.7. The van der Waals surface area contributed by atoms with Crippen LogP contribution in [0.4, 0.5) is 0 Å². The zero-order valence-electron chi connectivity index (χ0n) is 13.2. The van der Waals surface area contributed by atoms with Crippen molar-refractivity contribution < 1.29 is 0 Å². The quantitative estimate of drug-likeness (QED) is 0.703. The Morgan fingerprint density at radius 2 is 1.81 bits per heavy atom. The van der Waals surface area contributed by atoms with E-state index in [1.165, 1.54) is 32.1 Å². The van der Waals surface area contributed by atoms with Gasteiger partial charge in [0, 0.05) is 16.1 Å². The molecule has 0 aliphatic heterocycles. The summed E-state index contributed by atoms with van der Waals surface area (Å²) in [5.74, 6) is 1.58. The summed E-state index contributed by atoms with van der Waals surface area (Å²) in [5.41, 5.74) is 1.10. The molecule has 1 fully saturated rings. The van der Waals surface area contributed by atoms with Crippen LogP contribution in [0.25, 0.3) is 0 Å². The van der Waals surface area contributed by atoms with Gasteiger partial charge in [-0.3, -0.25) is 0 Å². The van der Waals surface area contributed by atoms with E-state index in [9.17, 15) is 0 Å². The largest absolute Gasteiger partial charge is 0.314 e. The summed E-state index contributed by atoms with van der Waals surface area (Å²) in [6.07, 6.45) is 7.67. The third-order valence-electron chi connectivity index (χ3n) is 4.96. The van der Waals surface area contributed by atoms with E-state index in [1.807, 2.05) is 18.2 Å². The van der Waals surface area contributed by atoms with Crippen LogP contribution in [0.1, 0.15) is 51.5 Å². The Kier molecular flexibility index (Phi) is 6.85. The first-order valence-corrected chi connectivity index (χ1v) is 9.09. The van der Waals surface area contributed by atoms with Crippen LogP contribution in [0.3, 0.4) is 0 Å². The molecule has 3 unspecified atom stereocenters. The predicted octanol–water partition coefficient (Wildman–Crippen LogP) is 5.73. The predicted molar refractivity (Wildman–Crippen MR) is 93.4 cm³/mol. The summed E-state index contributed by atoms with van der Waals surface area (Å²) in [6.45, 7) is 5.51. The Bertz CT molecular complexity index is 427. The number of rotatable bonds is 6. The number of nitrogens with one attached hydrogen (secondary N) is 1. The van der Waals surface area contributed by atoms with Gasteiger partial charge in [-0.2, -0.15) is 0 Å². The van der Waals surface area contributed by atoms with Crippen molar-refractivity contribution in [1.82, 2.24) is 5.32 Å². The van der Waals surface area contributed by atoms with E-state index < -0.39 is 0 Å². The third kappa shape index (κ3) is 4.37. The van der Waals surface area contributed by atoms with Crippen molar-refractivity contribution in [2.75, 3.05) is 6.54 Å². The van der Waals surface area contributed by atoms with Gasteiger partial charge in [-0.1, -0.05) is 68.8 Å². The normalized spacial score (nSPS) is 24.0. The molecule has 0 amide bonds. The van der Waals surface area contributed by atoms with Gasteiger partial charge in [-0.15, -0.1) is 0 Å². The summed E-state index contributed by atoms with van der Waals surface area (Å²) in [5, 5.41) is 5.30. The smallest absolute Gasteiger partial charge is 0.0453 e. The molecule has 1 aromatic rings. The van der Waals surface area contributed by atoms with Crippen molar-refractivity contribution in [3.63, 3.8) is 0 Å². The minimum Gasteiger partial charge on any atom is -0.314 e. The van der Waals surface area contributed by atoms with Crippen LogP contribution in [0.5, 0.6) is 0 Å². The van der Waals surface area contributed by atoms with Crippen LogP contribution in [0, 0.1) is 11.8 Å². The second kappa shape index (κ2) is 8.41. The van der Waals surface area contributed by atoms with Gasteiger partial charge in [-0.05, 0) is 48.9 Å². The van der Waals surface area contributed by atoms with Gasteiger partial charge in [0.15, 0.2) is 0 Å². The first-order chi connectivity index (χ1) is 10.2. The standard InChI is InChI=1S/C18H27Cl2N/c1-3-13-8-5-6-9-14(13)18(21-4-2)12-15-16(19)10-7-11-17(15)20/h7,10-11,13-14,18,21H,3-6,8-9,12H2,1-2H3. The molecule has 1 nitrogen and oxygen atoms in total. The highest BCUT2D eigenvalue weighted by Gasteiger charge is 2.31. The number of hydrogen-bond donors (Lipinski definition) is 1. The van der Waals surface area contributed by atoms with Crippen LogP contribution in [0.15, 0.2) is 18.2 Å². The highest BCUT2D eigenvalue weighted by Crippen LogP contribution is 2.37. The average Bonchev–Trinajstić information content (AvgIpc) is 2.50. The minimum atomic E-state index is 0.484. The molecular weight excluding hydrogens is 301 g/mol. The van der Waals surface area contributed by atoms with Crippen molar-refractivity contribution >= 4 is 23.2 Å². The Morgan fingerprint density at radius 1 is 1.14 bits per heavy atom. The molecule has 0 bridgehead atoms. The third-order valence-corrected chi connectivity index (χ3v) is 5.67. The van der Waals surface area contributed by atoms with E-state index in [0.717, 1.165) is 40.4 Å². The van der Waals surface area contributed by atoms with Crippen LogP contribution in [-0.2, 0) is 6.42 Å². The van der Waals surface area contributed by atoms with Gasteiger partial charge in [0.05, 0.1) is 0 Å². The molecule has 0 spiro atoms. The van der Waals surface area contributed by atoms with Crippen LogP contribution >= 0.6 is 23.2 Å². The second-order valence-electron chi connectivity index (χ2n) is 6.19. The lowest BCUT2D eigenvalue weighted by Gasteiger charge is -2.37. The van der Waals surface area contributed by atoms with Gasteiger partial charge in [0.25, 0.3) is 0 Å². The maximum absolute atomic E-state index is 6.37. The van der Waals surface area contributed by atoms with Crippen molar-refractivity contribution in [3.8, 4) is 0 Å². The van der Waals surface area contributed by atoms with Gasteiger partial charge < -0.3 is 5.32 Å². The van der Waals surface area contributed by atoms with Gasteiger partial charge in [-0.25, -0.2) is 0 Å². The Hall–Kier alpha value is -0.240. The van der Waals surface area contributed by atoms with E-state index in [4.69, 9.17) is 23.2 Å². The number of likely N-dealkylation sites (N-methyl/N-ethyl adjacent to an activating group) is 1. The summed E-state index contributed by atoms with van der Waals surface area (Å²) in [6, 6.07) is 6.30. The van der Waals surface area contributed by atoms with Crippen molar-refractivity contribution in [2.45, 2.75) is 58.4 Å². The maximum Gasteiger partial charge on any atom is 0.0453 e. The maximum atomic E-state index is 6.37. The zero-order valence-corrected chi connectivity index (χ0v) is 14.7. The van der Waals surface area contributed by atoms with E-state index in [2.05, 4.69) is 19.2 Å². The molecule has 1 aromatic carbocycles. The molecule has 0 aromatic heterocycles. The number of benzene rings is 1. The lowest BCUT2D eigenvalue weighted by atomic mass is 9.72. The lowest BCUT2D eigenvalue weighted by Crippen LogP contribution is -2.42. The minimum absolute atomic E-state index is 0.484. The van der Waals surface area contributed by atoms with Crippen LogP contribution < -0.4 is 5.32 Å². The van der Waals surface area contributed by atoms with Crippen LogP contribution in [-0.4, -0.2) is 12.6 Å². The second-order valence-corrected chi connectivity index (χ2v) is 7.00. The fourth-order valence-electron chi connectivity index (χ4n) is 3.86. The molecule has 1 aliphatic carbocycles. The Labute approximate surface area is 139 Å². The summed E-state index contributed by atoms with van der Waals surface area (Å²) < 4.78 is 0. The lowest BCUT2D eigenvalue weighted by molar-refractivity contribution is 0.175. The zero-order chi connectivity index (χ0) is 15.2. The molecule has 2 rings (SSSR count). The van der Waals surface area contributed by atoms with E-state index in [0.29, 0.717) is 6.04 Å². The first-order valence-electron chi connectivity index (χ1n) is 8.33. The Balaban J connectivity index is 2.18. The number of hydrogen-bond acceptors (Lipinski definition) is 1. The van der Waals surface area contributed by atoms with Crippen molar-refractivity contribution in [2.24, 2.45) is 11.8 Å². The Morgan fingerprint density at radius 3 is 2.43 bits per heavy atom. The highest BCUT2D eigenvalue weighted by molar-refractivity contribution is 6.36. The molecule has 0 saturated heterocycles. The molecule has 1 aliphatic rings. The van der Waals surface area contributed by atoms with Crippen molar-refractivity contribution in [1.29, 1.82) is 0 Å². The molecular formula is C18H27Cl2N. The van der Waals surface area contributed by atoms with Gasteiger partial charge in [0.1, 0.15) is 0 Å². The first kappa shape index (κ1) is 17.1. The molecule has 0 radical (unpaired) electrons. The van der Waals surface area contributed by atoms with Crippen molar-refractivity contribution in [3.05, 3.63) is 33.8 Å². The highest BCUT2D eigenvalue weighted by atomic mass is 35.5. The molecule has 3 atom stereocenters. The molecule has 118 valence electrons. The molecule has 21 heavy (non-hydrogen) atoms. The summed E-state index contributed by atoms with van der Waals surface area (Å²) in [7, 11) is 0. The molecule has 3 heteroatoms. The SMILES string of the molecule is CCNC(Cc1c(Cl)cccc1Cl)C1CCCCC1CC. The van der Waals surface area contributed by atoms with Gasteiger partial charge >= 0.3 is 0 Å². The monoisotopic (exact) mass is 327 g/mol. The van der Waals surface area contributed by atoms with Gasteiger partial charge in [0.2, 0.25) is 0 Å². The van der Waals surface area contributed by atoms with E-state index >= 15 is 0 Å². The molecule has 1 N–H and O–H groups in total. The fourth-order valence-corrected chi connectivity index (χ4v) is 4.41. The van der Waals surface area contributed by atoms with E-state index in [1.54, 1.807) is 0 Å². The molecule has 1 saturated carbocycles. The van der Waals surface area contributed by atoms with E-state index in [-0.39, 0.29) is 0 Å². The topological polar surface area (TPSA) is 12.0 Å². The fraction of sp³-hybridized carbons (Fsp3) is 0.667. The molecule has 0 heterocycles.